The monoisotopic (exact) mass is 271 g/mol. The first-order chi connectivity index (χ1) is 8.98. The highest BCUT2D eigenvalue weighted by atomic mass is 32.1. The predicted molar refractivity (Wildman–Crippen MR) is 81.6 cm³/mol. The fraction of sp³-hybridized carbons (Fsp3) is 0.267. The maximum atomic E-state index is 6.32. The Balaban J connectivity index is 2.26. The number of thiazole rings is 1. The number of imidazole rings is 1. The van der Waals surface area contributed by atoms with Gasteiger partial charge in [0.05, 0.1) is 0 Å². The zero-order valence-electron chi connectivity index (χ0n) is 11.3. The summed E-state index contributed by atoms with van der Waals surface area (Å²) in [5.41, 5.74) is 9.52. The van der Waals surface area contributed by atoms with Crippen molar-refractivity contribution in [2.45, 2.75) is 26.2 Å². The first kappa shape index (κ1) is 12.2. The van der Waals surface area contributed by atoms with E-state index < -0.39 is 0 Å². The number of nitrogens with zero attached hydrogens (tertiary/aromatic N) is 2. The summed E-state index contributed by atoms with van der Waals surface area (Å²) in [4.78, 5) is 5.63. The van der Waals surface area contributed by atoms with E-state index in [1.165, 1.54) is 5.69 Å². The number of aromatic nitrogens is 2. The third kappa shape index (κ3) is 1.92. The molecule has 98 valence electrons. The molecule has 0 aliphatic rings. The molecule has 3 aromatic rings. The third-order valence-corrected chi connectivity index (χ3v) is 4.04. The zero-order chi connectivity index (χ0) is 13.6. The van der Waals surface area contributed by atoms with Crippen LogP contribution in [-0.2, 0) is 5.41 Å². The van der Waals surface area contributed by atoms with Gasteiger partial charge in [-0.15, -0.1) is 11.3 Å². The summed E-state index contributed by atoms with van der Waals surface area (Å²) in [6.07, 6.45) is 0. The molecular formula is C15H17N3S. The molecule has 0 atom stereocenters. The molecule has 2 aromatic heterocycles. The topological polar surface area (TPSA) is 43.3 Å². The standard InChI is InChI=1S/C15H17N3S/c1-15(2,3)11-9-19-14-17-12(13(16)18(11)14)10-7-5-4-6-8-10/h4-9H,16H2,1-3H3. The maximum absolute atomic E-state index is 6.32. The van der Waals surface area contributed by atoms with Crippen molar-refractivity contribution in [3.8, 4) is 11.3 Å². The molecule has 0 aliphatic heterocycles. The SMILES string of the molecule is CC(C)(C)c1csc2nc(-c3ccccc3)c(N)n12. The van der Waals surface area contributed by atoms with E-state index in [0.717, 1.165) is 22.0 Å². The molecule has 0 fully saturated rings. The van der Waals surface area contributed by atoms with Crippen molar-refractivity contribution >= 4 is 22.1 Å². The van der Waals surface area contributed by atoms with Crippen LogP contribution in [0.1, 0.15) is 26.5 Å². The lowest BCUT2D eigenvalue weighted by Gasteiger charge is -2.17. The van der Waals surface area contributed by atoms with Crippen LogP contribution < -0.4 is 5.73 Å². The number of hydrogen-bond acceptors (Lipinski definition) is 3. The molecule has 0 amide bonds. The van der Waals surface area contributed by atoms with Crippen LogP contribution in [0.15, 0.2) is 35.7 Å². The van der Waals surface area contributed by atoms with E-state index in [2.05, 4.69) is 35.5 Å². The van der Waals surface area contributed by atoms with E-state index in [1.807, 2.05) is 30.3 Å². The number of anilines is 1. The van der Waals surface area contributed by atoms with Crippen molar-refractivity contribution in [1.82, 2.24) is 9.38 Å². The second-order valence-corrected chi connectivity index (χ2v) is 6.54. The summed E-state index contributed by atoms with van der Waals surface area (Å²) in [5, 5.41) is 2.15. The lowest BCUT2D eigenvalue weighted by atomic mass is 9.93. The van der Waals surface area contributed by atoms with Gasteiger partial charge in [-0.05, 0) is 0 Å². The Morgan fingerprint density at radius 3 is 2.47 bits per heavy atom. The van der Waals surface area contributed by atoms with Crippen molar-refractivity contribution in [1.29, 1.82) is 0 Å². The smallest absolute Gasteiger partial charge is 0.196 e. The van der Waals surface area contributed by atoms with Gasteiger partial charge in [0.15, 0.2) is 4.96 Å². The Labute approximate surface area is 116 Å². The summed E-state index contributed by atoms with van der Waals surface area (Å²) in [6.45, 7) is 6.57. The van der Waals surface area contributed by atoms with E-state index in [0.29, 0.717) is 0 Å². The number of nitrogen functional groups attached to an aromatic ring is 1. The highest BCUT2D eigenvalue weighted by Gasteiger charge is 2.23. The van der Waals surface area contributed by atoms with Gasteiger partial charge in [0.2, 0.25) is 0 Å². The Bertz CT molecular complexity index is 717. The minimum Gasteiger partial charge on any atom is -0.383 e. The third-order valence-electron chi connectivity index (χ3n) is 3.21. The van der Waals surface area contributed by atoms with Crippen LogP contribution in [-0.4, -0.2) is 9.38 Å². The van der Waals surface area contributed by atoms with Gasteiger partial charge in [0, 0.05) is 22.1 Å². The first-order valence-corrected chi connectivity index (χ1v) is 7.18. The number of nitrogens with two attached hydrogens (primary N) is 1. The molecule has 0 bridgehead atoms. The zero-order valence-corrected chi connectivity index (χ0v) is 12.2. The van der Waals surface area contributed by atoms with Crippen molar-refractivity contribution in [2.24, 2.45) is 0 Å². The van der Waals surface area contributed by atoms with Crippen LogP contribution in [0.25, 0.3) is 16.2 Å². The summed E-state index contributed by atoms with van der Waals surface area (Å²) >= 11 is 1.64. The van der Waals surface area contributed by atoms with Crippen molar-refractivity contribution in [3.63, 3.8) is 0 Å². The Hall–Kier alpha value is -1.81. The molecule has 1 aromatic carbocycles. The van der Waals surface area contributed by atoms with E-state index in [1.54, 1.807) is 11.3 Å². The van der Waals surface area contributed by atoms with Crippen LogP contribution in [0, 0.1) is 0 Å². The molecule has 0 saturated heterocycles. The normalized spacial score (nSPS) is 12.2. The lowest BCUT2D eigenvalue weighted by Crippen LogP contribution is -2.14. The van der Waals surface area contributed by atoms with Gasteiger partial charge in [0.25, 0.3) is 0 Å². The van der Waals surface area contributed by atoms with E-state index in [-0.39, 0.29) is 5.41 Å². The van der Waals surface area contributed by atoms with Gasteiger partial charge in [0.1, 0.15) is 11.5 Å². The fourth-order valence-electron chi connectivity index (χ4n) is 2.21. The van der Waals surface area contributed by atoms with Crippen LogP contribution in [0.5, 0.6) is 0 Å². The van der Waals surface area contributed by atoms with Gasteiger partial charge in [-0.3, -0.25) is 4.40 Å². The van der Waals surface area contributed by atoms with Crippen LogP contribution in [0.2, 0.25) is 0 Å². The molecule has 3 rings (SSSR count). The number of fused-ring (bicyclic) bond motifs is 1. The van der Waals surface area contributed by atoms with Gasteiger partial charge in [-0.1, -0.05) is 51.1 Å². The Morgan fingerprint density at radius 2 is 1.84 bits per heavy atom. The van der Waals surface area contributed by atoms with Crippen LogP contribution in [0.3, 0.4) is 0 Å². The van der Waals surface area contributed by atoms with Crippen molar-refractivity contribution < 1.29 is 0 Å². The summed E-state index contributed by atoms with van der Waals surface area (Å²) in [6, 6.07) is 10.1. The summed E-state index contributed by atoms with van der Waals surface area (Å²) in [5.74, 6) is 0.729. The maximum Gasteiger partial charge on any atom is 0.196 e. The van der Waals surface area contributed by atoms with E-state index in [4.69, 9.17) is 5.73 Å². The van der Waals surface area contributed by atoms with Crippen molar-refractivity contribution in [3.05, 3.63) is 41.4 Å². The molecule has 0 aliphatic carbocycles. The number of rotatable bonds is 1. The van der Waals surface area contributed by atoms with Gasteiger partial charge in [-0.2, -0.15) is 0 Å². The number of hydrogen-bond donors (Lipinski definition) is 1. The quantitative estimate of drug-likeness (QED) is 0.728. The minimum absolute atomic E-state index is 0.0566. The molecule has 2 N–H and O–H groups in total. The molecular weight excluding hydrogens is 254 g/mol. The lowest BCUT2D eigenvalue weighted by molar-refractivity contribution is 0.566. The van der Waals surface area contributed by atoms with Gasteiger partial charge >= 0.3 is 0 Å². The first-order valence-electron chi connectivity index (χ1n) is 6.30. The average Bonchev–Trinajstić information content (AvgIpc) is 2.91. The molecule has 4 heteroatoms. The summed E-state index contributed by atoms with van der Waals surface area (Å²) in [7, 11) is 0. The highest BCUT2D eigenvalue weighted by molar-refractivity contribution is 7.15. The van der Waals surface area contributed by atoms with Gasteiger partial charge < -0.3 is 5.73 Å². The van der Waals surface area contributed by atoms with Gasteiger partial charge in [-0.25, -0.2) is 4.98 Å². The number of benzene rings is 1. The second-order valence-electron chi connectivity index (χ2n) is 5.70. The fourth-order valence-corrected chi connectivity index (χ4v) is 3.33. The molecule has 2 heterocycles. The largest absolute Gasteiger partial charge is 0.383 e. The second kappa shape index (κ2) is 4.10. The van der Waals surface area contributed by atoms with Crippen LogP contribution in [0.4, 0.5) is 5.82 Å². The molecule has 0 saturated carbocycles. The molecule has 0 radical (unpaired) electrons. The molecule has 0 spiro atoms. The van der Waals surface area contributed by atoms with E-state index in [9.17, 15) is 0 Å². The Morgan fingerprint density at radius 1 is 1.16 bits per heavy atom. The highest BCUT2D eigenvalue weighted by Crippen LogP contribution is 2.34. The summed E-state index contributed by atoms with van der Waals surface area (Å²) < 4.78 is 2.08. The average molecular weight is 271 g/mol. The molecule has 0 unspecified atom stereocenters. The van der Waals surface area contributed by atoms with Crippen molar-refractivity contribution in [2.75, 3.05) is 5.73 Å². The predicted octanol–water partition coefficient (Wildman–Crippen LogP) is 3.94. The Kier molecular flexibility index (Phi) is 2.64. The van der Waals surface area contributed by atoms with E-state index >= 15 is 0 Å². The van der Waals surface area contributed by atoms with Crippen LogP contribution >= 0.6 is 11.3 Å². The molecule has 3 nitrogen and oxygen atoms in total. The molecule has 19 heavy (non-hydrogen) atoms. The minimum atomic E-state index is 0.0566.